The zero-order valence-corrected chi connectivity index (χ0v) is 12.6. The fraction of sp³-hybridized carbons (Fsp3) is 0.500. The van der Waals surface area contributed by atoms with Crippen LogP contribution < -0.4 is 0 Å². The summed E-state index contributed by atoms with van der Waals surface area (Å²) >= 11 is 1.59. The van der Waals surface area contributed by atoms with Crippen LogP contribution in [0.3, 0.4) is 0 Å². The molecule has 110 valence electrons. The second kappa shape index (κ2) is 4.78. The smallest absolute Gasteiger partial charge is 0.253 e. The molecule has 1 atom stereocenters. The molecule has 1 amide bonds. The van der Waals surface area contributed by atoms with Gasteiger partial charge in [0.1, 0.15) is 0 Å². The summed E-state index contributed by atoms with van der Waals surface area (Å²) in [6, 6.07) is 5.73. The highest BCUT2D eigenvalue weighted by Gasteiger charge is 2.49. The number of likely N-dealkylation sites (tertiary alicyclic amines) is 1. The molecule has 1 aliphatic carbocycles. The Morgan fingerprint density at radius 3 is 3.10 bits per heavy atom. The van der Waals surface area contributed by atoms with E-state index in [-0.39, 0.29) is 11.8 Å². The fourth-order valence-corrected chi connectivity index (χ4v) is 3.97. The molecule has 1 aliphatic heterocycles. The van der Waals surface area contributed by atoms with Crippen molar-refractivity contribution in [3.63, 3.8) is 0 Å². The highest BCUT2D eigenvalue weighted by Crippen LogP contribution is 2.45. The molecule has 1 N–H and O–H groups in total. The summed E-state index contributed by atoms with van der Waals surface area (Å²) in [6.07, 6.45) is 3.80. The van der Waals surface area contributed by atoms with E-state index in [9.17, 15) is 9.90 Å². The van der Waals surface area contributed by atoms with Gasteiger partial charge in [0.15, 0.2) is 0 Å². The Balaban J connectivity index is 1.55. The molecule has 0 radical (unpaired) electrons. The number of piperidine rings is 1. The molecule has 1 saturated carbocycles. The average Bonchev–Trinajstić information content (AvgIpc) is 3.11. The Kier molecular flexibility index (Phi) is 3.01. The molecule has 4 nitrogen and oxygen atoms in total. The zero-order chi connectivity index (χ0) is 14.4. The first-order valence-corrected chi connectivity index (χ1v) is 8.39. The monoisotopic (exact) mass is 302 g/mol. The second-order valence-corrected chi connectivity index (χ2v) is 7.12. The first kappa shape index (κ1) is 13.2. The molecule has 1 saturated heterocycles. The van der Waals surface area contributed by atoms with Gasteiger partial charge < -0.3 is 10.0 Å². The van der Waals surface area contributed by atoms with Crippen LogP contribution in [-0.2, 0) is 0 Å². The van der Waals surface area contributed by atoms with E-state index in [0.29, 0.717) is 12.1 Å². The van der Waals surface area contributed by atoms with Crippen LogP contribution in [0.1, 0.15) is 36.0 Å². The van der Waals surface area contributed by atoms with Crippen molar-refractivity contribution in [3.05, 3.63) is 29.3 Å². The topological polar surface area (TPSA) is 53.4 Å². The normalized spacial score (nSPS) is 24.2. The zero-order valence-electron chi connectivity index (χ0n) is 11.8. The molecule has 2 heterocycles. The molecule has 1 unspecified atom stereocenters. The number of nitrogens with zero attached hydrogens (tertiary/aromatic N) is 2. The summed E-state index contributed by atoms with van der Waals surface area (Å²) < 4.78 is 1.11. The summed E-state index contributed by atoms with van der Waals surface area (Å²) in [5, 5.41) is 10.3. The van der Waals surface area contributed by atoms with E-state index in [2.05, 4.69) is 4.98 Å². The van der Waals surface area contributed by atoms with Crippen molar-refractivity contribution in [1.29, 1.82) is 0 Å². The third-order valence-electron chi connectivity index (χ3n) is 4.81. The number of rotatable bonds is 2. The number of hydrogen-bond donors (Lipinski definition) is 1. The number of carbonyl (C=O) groups is 1. The van der Waals surface area contributed by atoms with Crippen LogP contribution in [-0.4, -0.2) is 39.6 Å². The van der Waals surface area contributed by atoms with E-state index in [0.717, 1.165) is 42.4 Å². The van der Waals surface area contributed by atoms with Crippen molar-refractivity contribution in [1.82, 2.24) is 9.88 Å². The van der Waals surface area contributed by atoms with Crippen LogP contribution >= 0.6 is 11.3 Å². The van der Waals surface area contributed by atoms with E-state index in [1.807, 2.05) is 23.1 Å². The quantitative estimate of drug-likeness (QED) is 0.928. The number of amides is 1. The Morgan fingerprint density at radius 1 is 1.43 bits per heavy atom. The van der Waals surface area contributed by atoms with Gasteiger partial charge in [-0.2, -0.15) is 0 Å². The summed E-state index contributed by atoms with van der Waals surface area (Å²) in [7, 11) is 0. The Morgan fingerprint density at radius 2 is 2.29 bits per heavy atom. The lowest BCUT2D eigenvalue weighted by atomic mass is 9.90. The van der Waals surface area contributed by atoms with Gasteiger partial charge in [0.2, 0.25) is 0 Å². The van der Waals surface area contributed by atoms with E-state index in [4.69, 9.17) is 0 Å². The number of aliphatic hydroxyl groups is 1. The predicted molar refractivity (Wildman–Crippen MR) is 82.4 cm³/mol. The van der Waals surface area contributed by atoms with Crippen molar-refractivity contribution in [2.75, 3.05) is 13.1 Å². The molecule has 2 aliphatic rings. The van der Waals surface area contributed by atoms with Gasteiger partial charge in [-0.3, -0.25) is 4.79 Å². The summed E-state index contributed by atoms with van der Waals surface area (Å²) in [5.41, 5.74) is 2.91. The lowest BCUT2D eigenvalue weighted by molar-refractivity contribution is 0.0282. The largest absolute Gasteiger partial charge is 0.390 e. The summed E-state index contributed by atoms with van der Waals surface area (Å²) in [4.78, 5) is 18.9. The number of benzene rings is 1. The van der Waals surface area contributed by atoms with Gasteiger partial charge in [-0.1, -0.05) is 0 Å². The fourth-order valence-electron chi connectivity index (χ4n) is 3.31. The number of carbonyl (C=O) groups excluding carboxylic acids is 1. The standard InChI is InChI=1S/C16H18N2O2S/c19-15(11-3-4-14-13(8-11)17-10-21-14)18-7-1-2-12(9-18)16(20)5-6-16/h3-4,8,10,12,20H,1-2,5-7,9H2. The molecule has 2 aromatic rings. The lowest BCUT2D eigenvalue weighted by Crippen LogP contribution is -2.44. The van der Waals surface area contributed by atoms with E-state index >= 15 is 0 Å². The molecule has 5 heteroatoms. The second-order valence-electron chi connectivity index (χ2n) is 6.23. The van der Waals surface area contributed by atoms with Crippen LogP contribution in [0.4, 0.5) is 0 Å². The molecule has 1 aromatic carbocycles. The van der Waals surface area contributed by atoms with Crippen molar-refractivity contribution >= 4 is 27.5 Å². The first-order chi connectivity index (χ1) is 10.2. The van der Waals surface area contributed by atoms with Crippen LogP contribution in [0.2, 0.25) is 0 Å². The molecule has 1 aromatic heterocycles. The summed E-state index contributed by atoms with van der Waals surface area (Å²) in [5.74, 6) is 0.317. The maximum atomic E-state index is 12.7. The van der Waals surface area contributed by atoms with Crippen LogP contribution in [0.25, 0.3) is 10.2 Å². The number of fused-ring (bicyclic) bond motifs is 1. The maximum absolute atomic E-state index is 12.7. The summed E-state index contributed by atoms with van der Waals surface area (Å²) in [6.45, 7) is 1.48. The highest BCUT2D eigenvalue weighted by molar-refractivity contribution is 7.16. The van der Waals surface area contributed by atoms with Gasteiger partial charge in [-0.05, 0) is 43.9 Å². The third kappa shape index (κ3) is 2.34. The molecular formula is C16H18N2O2S. The number of thiazole rings is 1. The minimum Gasteiger partial charge on any atom is -0.390 e. The molecule has 2 fully saturated rings. The van der Waals surface area contributed by atoms with Crippen LogP contribution in [0.5, 0.6) is 0 Å². The minimum absolute atomic E-state index is 0.0684. The van der Waals surface area contributed by atoms with E-state index in [1.54, 1.807) is 16.8 Å². The molecule has 0 bridgehead atoms. The SMILES string of the molecule is O=C(c1ccc2scnc2c1)N1CCCC(C2(O)CC2)C1. The third-order valence-corrected chi connectivity index (χ3v) is 5.62. The predicted octanol–water partition coefficient (Wildman–Crippen LogP) is 2.67. The van der Waals surface area contributed by atoms with Crippen molar-refractivity contribution in [2.45, 2.75) is 31.3 Å². The van der Waals surface area contributed by atoms with Gasteiger partial charge in [0.05, 0.1) is 21.3 Å². The number of aromatic nitrogens is 1. The number of hydrogen-bond acceptors (Lipinski definition) is 4. The van der Waals surface area contributed by atoms with E-state index in [1.165, 1.54) is 0 Å². The molecule has 0 spiro atoms. The van der Waals surface area contributed by atoms with Crippen molar-refractivity contribution < 1.29 is 9.90 Å². The van der Waals surface area contributed by atoms with Gasteiger partial charge in [0, 0.05) is 24.6 Å². The Hall–Kier alpha value is -1.46. The van der Waals surface area contributed by atoms with Gasteiger partial charge in [0.25, 0.3) is 5.91 Å². The van der Waals surface area contributed by atoms with E-state index < -0.39 is 5.60 Å². The molecule has 21 heavy (non-hydrogen) atoms. The highest BCUT2D eigenvalue weighted by atomic mass is 32.1. The maximum Gasteiger partial charge on any atom is 0.253 e. The Labute approximate surface area is 127 Å². The van der Waals surface area contributed by atoms with Crippen molar-refractivity contribution in [3.8, 4) is 0 Å². The van der Waals surface area contributed by atoms with Crippen LogP contribution in [0.15, 0.2) is 23.7 Å². The van der Waals surface area contributed by atoms with Gasteiger partial charge >= 0.3 is 0 Å². The first-order valence-electron chi connectivity index (χ1n) is 7.51. The molecular weight excluding hydrogens is 284 g/mol. The lowest BCUT2D eigenvalue weighted by Gasteiger charge is -2.35. The van der Waals surface area contributed by atoms with Crippen LogP contribution in [0, 0.1) is 5.92 Å². The van der Waals surface area contributed by atoms with Gasteiger partial charge in [-0.25, -0.2) is 4.98 Å². The minimum atomic E-state index is -0.488. The average molecular weight is 302 g/mol. The van der Waals surface area contributed by atoms with Crippen molar-refractivity contribution in [2.24, 2.45) is 5.92 Å². The Bertz CT molecular complexity index is 692. The van der Waals surface area contributed by atoms with Gasteiger partial charge in [-0.15, -0.1) is 11.3 Å². The molecule has 4 rings (SSSR count).